The second kappa shape index (κ2) is 5.05. The highest BCUT2D eigenvalue weighted by Crippen LogP contribution is 2.31. The van der Waals surface area contributed by atoms with E-state index >= 15 is 0 Å². The zero-order valence-electron chi connectivity index (χ0n) is 8.53. The third-order valence-electron chi connectivity index (χ3n) is 2.79. The molecule has 15 heavy (non-hydrogen) atoms. The normalized spacial score (nSPS) is 26.5. The first kappa shape index (κ1) is 11.0. The summed E-state index contributed by atoms with van der Waals surface area (Å²) in [5, 5.41) is 0. The Morgan fingerprint density at radius 1 is 1.53 bits per heavy atom. The van der Waals surface area contributed by atoms with Crippen molar-refractivity contribution in [3.8, 4) is 0 Å². The van der Waals surface area contributed by atoms with Gasteiger partial charge in [-0.05, 0) is 47.4 Å². The molecule has 1 saturated heterocycles. The van der Waals surface area contributed by atoms with E-state index in [1.807, 2.05) is 12.1 Å². The molecular formula is C11H15BrN2O. The summed E-state index contributed by atoms with van der Waals surface area (Å²) in [5.74, 6) is 0.410. The van der Waals surface area contributed by atoms with Crippen LogP contribution in [-0.2, 0) is 4.74 Å². The highest BCUT2D eigenvalue weighted by Gasteiger charge is 2.27. The van der Waals surface area contributed by atoms with Gasteiger partial charge in [-0.3, -0.25) is 4.98 Å². The molecule has 2 N–H and O–H groups in total. The lowest BCUT2D eigenvalue weighted by molar-refractivity contribution is -0.0276. The van der Waals surface area contributed by atoms with Gasteiger partial charge >= 0.3 is 0 Å². The number of ether oxygens (including phenoxy) is 1. The summed E-state index contributed by atoms with van der Waals surface area (Å²) >= 11 is 3.37. The number of pyridine rings is 1. The molecule has 1 aromatic heterocycles. The van der Waals surface area contributed by atoms with Crippen LogP contribution in [0.4, 0.5) is 0 Å². The van der Waals surface area contributed by atoms with Crippen molar-refractivity contribution in [3.63, 3.8) is 0 Å². The topological polar surface area (TPSA) is 48.1 Å². The highest BCUT2D eigenvalue weighted by molar-refractivity contribution is 9.10. The molecule has 0 amide bonds. The van der Waals surface area contributed by atoms with Crippen molar-refractivity contribution in [2.75, 3.05) is 13.2 Å². The van der Waals surface area contributed by atoms with Gasteiger partial charge in [0.2, 0.25) is 0 Å². The fourth-order valence-electron chi connectivity index (χ4n) is 1.97. The molecule has 1 aliphatic rings. The van der Waals surface area contributed by atoms with E-state index in [0.29, 0.717) is 12.5 Å². The van der Waals surface area contributed by atoms with E-state index in [0.717, 1.165) is 29.6 Å². The molecule has 0 aliphatic carbocycles. The second-order valence-electron chi connectivity index (χ2n) is 3.83. The molecular weight excluding hydrogens is 256 g/mol. The van der Waals surface area contributed by atoms with Gasteiger partial charge < -0.3 is 10.5 Å². The Balaban J connectivity index is 2.16. The number of halogens is 1. The monoisotopic (exact) mass is 270 g/mol. The van der Waals surface area contributed by atoms with Gasteiger partial charge in [0.25, 0.3) is 0 Å². The van der Waals surface area contributed by atoms with Crippen LogP contribution in [0.3, 0.4) is 0 Å². The van der Waals surface area contributed by atoms with Gasteiger partial charge in [-0.1, -0.05) is 0 Å². The van der Waals surface area contributed by atoms with Crippen LogP contribution >= 0.6 is 15.9 Å². The molecule has 2 atom stereocenters. The van der Waals surface area contributed by atoms with Crippen molar-refractivity contribution < 1.29 is 4.74 Å². The molecule has 2 rings (SSSR count). The van der Waals surface area contributed by atoms with E-state index in [9.17, 15) is 0 Å². The van der Waals surface area contributed by atoms with Crippen LogP contribution in [0.1, 0.15) is 24.6 Å². The number of nitrogens with two attached hydrogens (primary N) is 1. The lowest BCUT2D eigenvalue weighted by Gasteiger charge is -2.30. The predicted molar refractivity (Wildman–Crippen MR) is 62.4 cm³/mol. The van der Waals surface area contributed by atoms with Crippen LogP contribution in [0.25, 0.3) is 0 Å². The van der Waals surface area contributed by atoms with Gasteiger partial charge in [-0.25, -0.2) is 0 Å². The van der Waals surface area contributed by atoms with Gasteiger partial charge in [-0.15, -0.1) is 0 Å². The molecule has 82 valence electrons. The zero-order valence-corrected chi connectivity index (χ0v) is 10.1. The maximum absolute atomic E-state index is 5.75. The van der Waals surface area contributed by atoms with Crippen LogP contribution in [0.2, 0.25) is 0 Å². The Bertz CT molecular complexity index is 315. The van der Waals surface area contributed by atoms with Crippen molar-refractivity contribution >= 4 is 15.9 Å². The molecule has 3 nitrogen and oxygen atoms in total. The minimum absolute atomic E-state index is 0.0804. The molecule has 0 aromatic carbocycles. The van der Waals surface area contributed by atoms with Crippen LogP contribution in [0.15, 0.2) is 22.8 Å². The summed E-state index contributed by atoms with van der Waals surface area (Å²) in [6, 6.07) is 4.00. The van der Waals surface area contributed by atoms with E-state index in [-0.39, 0.29) is 6.10 Å². The number of nitrogens with zero attached hydrogens (tertiary/aromatic N) is 1. The van der Waals surface area contributed by atoms with E-state index in [4.69, 9.17) is 10.5 Å². The molecule has 2 heterocycles. The number of aromatic nitrogens is 1. The molecule has 0 radical (unpaired) electrons. The van der Waals surface area contributed by atoms with E-state index in [1.165, 1.54) is 0 Å². The first-order valence-electron chi connectivity index (χ1n) is 5.24. The fourth-order valence-corrected chi connectivity index (χ4v) is 2.20. The first-order valence-corrected chi connectivity index (χ1v) is 6.03. The summed E-state index contributed by atoms with van der Waals surface area (Å²) in [6.07, 6.45) is 4.13. The lowest BCUT2D eigenvalue weighted by atomic mass is 9.92. The summed E-state index contributed by atoms with van der Waals surface area (Å²) in [5.41, 5.74) is 6.74. The van der Waals surface area contributed by atoms with Gasteiger partial charge in [0.05, 0.1) is 5.69 Å². The van der Waals surface area contributed by atoms with Gasteiger partial charge in [-0.2, -0.15) is 0 Å². The highest BCUT2D eigenvalue weighted by atomic mass is 79.9. The zero-order chi connectivity index (χ0) is 10.7. The Labute approximate surface area is 98.2 Å². The third-order valence-corrected chi connectivity index (χ3v) is 3.26. The minimum atomic E-state index is 0.0804. The Kier molecular flexibility index (Phi) is 3.72. The van der Waals surface area contributed by atoms with E-state index in [1.54, 1.807) is 6.20 Å². The average molecular weight is 271 g/mol. The molecule has 0 spiro atoms. The Morgan fingerprint density at radius 3 is 3.07 bits per heavy atom. The van der Waals surface area contributed by atoms with Crippen molar-refractivity contribution in [1.29, 1.82) is 0 Å². The van der Waals surface area contributed by atoms with Crippen molar-refractivity contribution in [2.45, 2.75) is 18.9 Å². The summed E-state index contributed by atoms with van der Waals surface area (Å²) in [7, 11) is 0. The van der Waals surface area contributed by atoms with Gasteiger partial charge in [0.1, 0.15) is 6.10 Å². The molecule has 1 aromatic rings. The Morgan fingerprint density at radius 2 is 2.40 bits per heavy atom. The van der Waals surface area contributed by atoms with Crippen LogP contribution in [0, 0.1) is 5.92 Å². The minimum Gasteiger partial charge on any atom is -0.372 e. The third kappa shape index (κ3) is 2.56. The SMILES string of the molecule is NCC1CCCOC1c1ccc(Br)cn1. The Hall–Kier alpha value is -0.450. The van der Waals surface area contributed by atoms with Crippen molar-refractivity contribution in [1.82, 2.24) is 4.98 Å². The molecule has 4 heteroatoms. The first-order chi connectivity index (χ1) is 7.31. The number of hydrogen-bond donors (Lipinski definition) is 1. The van der Waals surface area contributed by atoms with E-state index in [2.05, 4.69) is 20.9 Å². The predicted octanol–water partition coefficient (Wildman–Crippen LogP) is 2.27. The molecule has 0 saturated carbocycles. The van der Waals surface area contributed by atoms with Crippen molar-refractivity contribution in [2.24, 2.45) is 11.7 Å². The van der Waals surface area contributed by atoms with Crippen LogP contribution in [0.5, 0.6) is 0 Å². The van der Waals surface area contributed by atoms with E-state index < -0.39 is 0 Å². The number of hydrogen-bond acceptors (Lipinski definition) is 3. The molecule has 1 aliphatic heterocycles. The summed E-state index contributed by atoms with van der Waals surface area (Å²) in [4.78, 5) is 4.37. The lowest BCUT2D eigenvalue weighted by Crippen LogP contribution is -2.29. The fraction of sp³-hybridized carbons (Fsp3) is 0.545. The molecule has 1 fully saturated rings. The molecule has 0 bridgehead atoms. The molecule has 2 unspecified atom stereocenters. The second-order valence-corrected chi connectivity index (χ2v) is 4.75. The maximum atomic E-state index is 5.75. The standard InChI is InChI=1S/C11H15BrN2O/c12-9-3-4-10(14-7-9)11-8(6-13)2-1-5-15-11/h3-4,7-8,11H,1-2,5-6,13H2. The quantitative estimate of drug-likeness (QED) is 0.897. The smallest absolute Gasteiger partial charge is 0.103 e. The van der Waals surface area contributed by atoms with Crippen LogP contribution in [-0.4, -0.2) is 18.1 Å². The van der Waals surface area contributed by atoms with Gasteiger partial charge in [0.15, 0.2) is 0 Å². The average Bonchev–Trinajstić information content (AvgIpc) is 2.30. The maximum Gasteiger partial charge on any atom is 0.103 e. The van der Waals surface area contributed by atoms with Gasteiger partial charge in [0, 0.05) is 23.2 Å². The largest absolute Gasteiger partial charge is 0.372 e. The summed E-state index contributed by atoms with van der Waals surface area (Å²) in [6.45, 7) is 1.49. The van der Waals surface area contributed by atoms with Crippen molar-refractivity contribution in [3.05, 3.63) is 28.5 Å². The summed E-state index contributed by atoms with van der Waals surface area (Å²) < 4.78 is 6.74. The van der Waals surface area contributed by atoms with Crippen LogP contribution < -0.4 is 5.73 Å². The number of rotatable bonds is 2.